The van der Waals surface area contributed by atoms with Crippen LogP contribution in [0, 0.1) is 19.7 Å². The molecule has 0 bridgehead atoms. The van der Waals surface area contributed by atoms with Gasteiger partial charge < -0.3 is 20.9 Å². The fourth-order valence-electron chi connectivity index (χ4n) is 4.92. The predicted octanol–water partition coefficient (Wildman–Crippen LogP) is 3.41. The monoisotopic (exact) mass is 522 g/mol. The normalized spacial score (nSPS) is 18.4. The zero-order valence-corrected chi connectivity index (χ0v) is 21.3. The van der Waals surface area contributed by atoms with Crippen molar-refractivity contribution in [3.63, 3.8) is 0 Å². The summed E-state index contributed by atoms with van der Waals surface area (Å²) in [4.78, 5) is 30.9. The summed E-state index contributed by atoms with van der Waals surface area (Å²) >= 11 is 0. The maximum absolute atomic E-state index is 14.1. The van der Waals surface area contributed by atoms with Crippen LogP contribution in [0.5, 0.6) is 0 Å². The molecule has 1 atom stereocenters. The van der Waals surface area contributed by atoms with Gasteiger partial charge in [0.05, 0.1) is 21.8 Å². The Labute approximate surface area is 214 Å². The average molecular weight is 523 g/mol. The van der Waals surface area contributed by atoms with Crippen molar-refractivity contribution in [3.05, 3.63) is 81.9 Å². The van der Waals surface area contributed by atoms with Crippen molar-refractivity contribution in [2.75, 3.05) is 18.4 Å². The van der Waals surface area contributed by atoms with E-state index in [0.29, 0.717) is 46.9 Å². The number of aromatic amines is 1. The van der Waals surface area contributed by atoms with Crippen molar-refractivity contribution in [3.8, 4) is 0 Å². The zero-order chi connectivity index (χ0) is 26.5. The van der Waals surface area contributed by atoms with Crippen LogP contribution in [0.25, 0.3) is 11.6 Å². The van der Waals surface area contributed by atoms with Crippen LogP contribution in [-0.2, 0) is 20.4 Å². The number of aryl methyl sites for hydroxylation is 1. The highest BCUT2D eigenvalue weighted by Gasteiger charge is 2.30. The summed E-state index contributed by atoms with van der Waals surface area (Å²) in [6.07, 6.45) is 2.38. The van der Waals surface area contributed by atoms with Gasteiger partial charge in [0.2, 0.25) is 0 Å². The van der Waals surface area contributed by atoms with Crippen molar-refractivity contribution < 1.29 is 22.4 Å². The van der Waals surface area contributed by atoms with E-state index < -0.39 is 21.4 Å². The zero-order valence-electron chi connectivity index (χ0n) is 20.5. The number of halogens is 1. The van der Waals surface area contributed by atoms with E-state index in [1.165, 1.54) is 36.4 Å². The molecule has 4 N–H and O–H groups in total. The molecule has 2 aromatic carbocycles. The van der Waals surface area contributed by atoms with Crippen molar-refractivity contribution in [2.24, 2.45) is 5.73 Å². The molecular formula is C27H27FN4O4S. The second-order valence-corrected chi connectivity index (χ2v) is 11.5. The number of hydrogen-bond acceptors (Lipinski definition) is 5. The van der Waals surface area contributed by atoms with Gasteiger partial charge in [-0.25, -0.2) is 12.8 Å². The summed E-state index contributed by atoms with van der Waals surface area (Å²) in [5.74, 6) is -1.59. The molecule has 0 spiro atoms. The molecule has 192 valence electrons. The van der Waals surface area contributed by atoms with Crippen molar-refractivity contribution in [2.45, 2.75) is 37.0 Å². The smallest absolute Gasteiger partial charge is 0.256 e. The summed E-state index contributed by atoms with van der Waals surface area (Å²) in [6, 6.07) is 10.1. The number of fused-ring (bicyclic) bond motifs is 1. The number of carbonyl (C=O) groups excluding carboxylic acids is 2. The first-order valence-corrected chi connectivity index (χ1v) is 13.6. The van der Waals surface area contributed by atoms with Crippen LogP contribution in [-0.4, -0.2) is 49.2 Å². The summed E-state index contributed by atoms with van der Waals surface area (Å²) < 4.78 is 40.2. The number of hydrogen-bond donors (Lipinski definition) is 3. The number of nitrogens with two attached hydrogens (primary N) is 1. The third kappa shape index (κ3) is 4.58. The molecule has 8 nitrogen and oxygen atoms in total. The van der Waals surface area contributed by atoms with Crippen LogP contribution in [0.4, 0.5) is 10.1 Å². The molecule has 1 fully saturated rings. The van der Waals surface area contributed by atoms with Gasteiger partial charge in [0.15, 0.2) is 9.84 Å². The number of carbonyl (C=O) groups is 2. The van der Waals surface area contributed by atoms with Crippen LogP contribution in [0.2, 0.25) is 0 Å². The Hall–Kier alpha value is -3.76. The first-order valence-electron chi connectivity index (χ1n) is 11.9. The number of amides is 2. The van der Waals surface area contributed by atoms with Crippen LogP contribution < -0.4 is 11.1 Å². The molecule has 3 aromatic rings. The highest BCUT2D eigenvalue weighted by atomic mass is 32.2. The second-order valence-electron chi connectivity index (χ2n) is 9.53. The number of likely N-dealkylation sites (tertiary alicyclic amines) is 1. The van der Waals surface area contributed by atoms with Gasteiger partial charge in [-0.1, -0.05) is 18.2 Å². The van der Waals surface area contributed by atoms with E-state index in [1.807, 2.05) is 6.92 Å². The molecule has 0 aliphatic carbocycles. The molecule has 0 saturated carbocycles. The molecular weight excluding hydrogens is 495 g/mol. The predicted molar refractivity (Wildman–Crippen MR) is 139 cm³/mol. The van der Waals surface area contributed by atoms with Gasteiger partial charge in [-0.3, -0.25) is 9.59 Å². The number of sulfone groups is 1. The van der Waals surface area contributed by atoms with Gasteiger partial charge in [-0.2, -0.15) is 0 Å². The standard InChI is InChI=1S/C27H27FN4O4S/c1-15-24(30-16(2)25(15)27(34)32-10-9-18(29)13-32)12-21-20-11-19(7-8-23(20)31-26(21)33)37(35,36)14-17-5-3-4-6-22(17)28/h3-8,11-12,18,30H,9-10,13-14,29H2,1-2H3,(H,31,33)/b21-12-/t18-/m1/s1. The fraction of sp³-hybridized carbons (Fsp3) is 0.259. The Balaban J connectivity index is 1.50. The number of benzene rings is 2. The van der Waals surface area contributed by atoms with E-state index in [9.17, 15) is 22.4 Å². The lowest BCUT2D eigenvalue weighted by atomic mass is 10.0. The van der Waals surface area contributed by atoms with E-state index in [0.717, 1.165) is 6.42 Å². The minimum atomic E-state index is -3.88. The Bertz CT molecular complexity index is 1570. The molecule has 0 unspecified atom stereocenters. The van der Waals surface area contributed by atoms with Crippen LogP contribution in [0.1, 0.15) is 44.9 Å². The van der Waals surface area contributed by atoms with E-state index in [4.69, 9.17) is 5.73 Å². The average Bonchev–Trinajstić information content (AvgIpc) is 3.50. The van der Waals surface area contributed by atoms with Gasteiger partial charge in [-0.15, -0.1) is 0 Å². The second kappa shape index (κ2) is 9.28. The molecule has 2 amide bonds. The highest BCUT2D eigenvalue weighted by Crippen LogP contribution is 2.36. The quantitative estimate of drug-likeness (QED) is 0.443. The maximum atomic E-state index is 14.1. The fourth-order valence-corrected chi connectivity index (χ4v) is 6.30. The largest absolute Gasteiger partial charge is 0.358 e. The lowest BCUT2D eigenvalue weighted by Gasteiger charge is -2.16. The molecule has 37 heavy (non-hydrogen) atoms. The first kappa shape index (κ1) is 24.9. The topological polar surface area (TPSA) is 125 Å². The van der Waals surface area contributed by atoms with Crippen LogP contribution in [0.15, 0.2) is 47.4 Å². The molecule has 2 aliphatic heterocycles. The van der Waals surface area contributed by atoms with E-state index >= 15 is 0 Å². The molecule has 1 saturated heterocycles. The Kier molecular flexibility index (Phi) is 6.25. The number of anilines is 1. The molecule has 0 radical (unpaired) electrons. The van der Waals surface area contributed by atoms with E-state index in [-0.39, 0.29) is 33.9 Å². The molecule has 1 aromatic heterocycles. The summed E-state index contributed by atoms with van der Waals surface area (Å²) in [5, 5.41) is 2.75. The minimum absolute atomic E-state index is 0.0162. The van der Waals surface area contributed by atoms with Gasteiger partial charge in [-0.05, 0) is 56.2 Å². The molecule has 10 heteroatoms. The number of rotatable bonds is 5. The van der Waals surface area contributed by atoms with Crippen molar-refractivity contribution in [1.29, 1.82) is 0 Å². The number of nitrogens with one attached hydrogen (secondary N) is 2. The van der Waals surface area contributed by atoms with Crippen LogP contribution in [0.3, 0.4) is 0 Å². The van der Waals surface area contributed by atoms with Crippen molar-refractivity contribution in [1.82, 2.24) is 9.88 Å². The number of H-pyrrole nitrogens is 1. The molecule has 3 heterocycles. The van der Waals surface area contributed by atoms with E-state index in [1.54, 1.807) is 24.0 Å². The van der Waals surface area contributed by atoms with Crippen LogP contribution >= 0.6 is 0 Å². The van der Waals surface area contributed by atoms with Crippen molar-refractivity contribution >= 4 is 39.0 Å². The summed E-state index contributed by atoms with van der Waals surface area (Å²) in [6.45, 7) is 4.70. The lowest BCUT2D eigenvalue weighted by Crippen LogP contribution is -2.32. The summed E-state index contributed by atoms with van der Waals surface area (Å²) in [7, 11) is -3.88. The third-order valence-corrected chi connectivity index (χ3v) is 8.59. The number of nitrogens with zero attached hydrogens (tertiary/aromatic N) is 1. The van der Waals surface area contributed by atoms with E-state index in [2.05, 4.69) is 10.3 Å². The van der Waals surface area contributed by atoms with Gasteiger partial charge in [0, 0.05) is 47.3 Å². The minimum Gasteiger partial charge on any atom is -0.358 e. The molecule has 5 rings (SSSR count). The number of aromatic nitrogens is 1. The van der Waals surface area contributed by atoms with Gasteiger partial charge >= 0.3 is 0 Å². The Morgan fingerprint density at radius 2 is 1.97 bits per heavy atom. The summed E-state index contributed by atoms with van der Waals surface area (Å²) in [5.41, 5.74) is 9.70. The lowest BCUT2D eigenvalue weighted by molar-refractivity contribution is -0.110. The Morgan fingerprint density at radius 3 is 2.68 bits per heavy atom. The Morgan fingerprint density at radius 1 is 1.22 bits per heavy atom. The third-order valence-electron chi connectivity index (χ3n) is 6.93. The molecule has 2 aliphatic rings. The SMILES string of the molecule is Cc1[nH]c(/C=C2\C(=O)Nc3ccc(S(=O)(=O)Cc4ccccc4F)cc32)c(C)c1C(=O)N1CC[C@@H](N)C1. The maximum Gasteiger partial charge on any atom is 0.256 e. The van der Waals surface area contributed by atoms with Gasteiger partial charge in [0.1, 0.15) is 5.82 Å². The first-order chi connectivity index (χ1) is 17.5. The highest BCUT2D eigenvalue weighted by molar-refractivity contribution is 7.90. The van der Waals surface area contributed by atoms with Gasteiger partial charge in [0.25, 0.3) is 11.8 Å².